The summed E-state index contributed by atoms with van der Waals surface area (Å²) in [6, 6.07) is -1.04. The molecule has 16 nitrogen and oxygen atoms in total. The van der Waals surface area contributed by atoms with E-state index in [1.54, 1.807) is 0 Å². The summed E-state index contributed by atoms with van der Waals surface area (Å²) in [6.07, 6.45) is 16.1. The van der Waals surface area contributed by atoms with Gasteiger partial charge in [0.25, 0.3) is 0 Å². The van der Waals surface area contributed by atoms with Crippen LogP contribution < -0.4 is 10.6 Å². The molecule has 0 saturated carbocycles. The number of unbranched alkanes of at least 4 members (excludes halogenated alkanes) is 18. The number of nitrogens with one attached hydrogen (secondary N) is 2. The van der Waals surface area contributed by atoms with Crippen LogP contribution in [0.25, 0.3) is 0 Å². The van der Waals surface area contributed by atoms with E-state index in [9.17, 15) is 39.6 Å². The number of hydrogen-bond acceptors (Lipinski definition) is 14. The molecule has 1 fully saturated rings. The van der Waals surface area contributed by atoms with E-state index in [2.05, 4.69) is 41.7 Å². The largest absolute Gasteiger partial charge is 0.462 e. The van der Waals surface area contributed by atoms with E-state index >= 15 is 0 Å². The van der Waals surface area contributed by atoms with Crippen molar-refractivity contribution in [1.82, 2.24) is 20.3 Å². The predicted molar refractivity (Wildman–Crippen MR) is 236 cm³/mol. The van der Waals surface area contributed by atoms with E-state index in [-0.39, 0.29) is 61.0 Å². The van der Waals surface area contributed by atoms with Gasteiger partial charge in [-0.05, 0) is 19.3 Å². The Morgan fingerprint density at radius 2 is 1.25 bits per heavy atom. The molecular weight excluding hydrogens is 807 g/mol. The number of carbonyl (C=O) groups excluding carboxylic acids is 4. The van der Waals surface area contributed by atoms with Crippen LogP contribution in [-0.4, -0.2) is 120 Å². The lowest BCUT2D eigenvalue weighted by atomic mass is 9.98. The molecule has 2 rings (SSSR count). The zero-order chi connectivity index (χ0) is 44.7. The average molecular weight is 886 g/mol. The Hall–Kier alpha value is -2.83. The number of carbonyl (C=O) groups is 4. The lowest BCUT2D eigenvalue weighted by molar-refractivity contribution is -0.254. The summed E-state index contributed by atoms with van der Waals surface area (Å²) in [6.45, 7) is 5.77. The van der Waals surface area contributed by atoms with E-state index in [0.717, 1.165) is 81.7 Å². The molecule has 1 saturated heterocycles. The standard InChI is InChI=1S/C44H79N5O11S/c1-4-7-10-13-16-19-22-25-37(51)45-34(43(57)46-36-28-49(48-47-36)44-42(56)41(55)40(54)35(29-50)60-44)32-61-31-33(59-39(53)27-24-21-18-15-12-9-6-3)30-58-38(52)26-23-20-17-14-11-8-5-2/h28,33-35,40-42,44,50,54-56H,4-27,29-32H2,1-3H3,(H,45,51)(H,46,57). The van der Waals surface area contributed by atoms with E-state index in [1.165, 1.54) is 62.9 Å². The zero-order valence-corrected chi connectivity index (χ0v) is 38.1. The number of ether oxygens (including phenoxy) is 3. The summed E-state index contributed by atoms with van der Waals surface area (Å²) < 4.78 is 18.0. The second kappa shape index (κ2) is 33.7. The van der Waals surface area contributed by atoms with Crippen LogP contribution in [-0.2, 0) is 33.4 Å². The maximum absolute atomic E-state index is 13.7. The number of anilines is 1. The molecule has 1 aliphatic rings. The quantitative estimate of drug-likeness (QED) is 0.0322. The van der Waals surface area contributed by atoms with Gasteiger partial charge in [-0.25, -0.2) is 4.68 Å². The maximum atomic E-state index is 13.7. The topological polar surface area (TPSA) is 232 Å². The number of hydrogen-bond donors (Lipinski definition) is 6. The molecule has 6 N–H and O–H groups in total. The third kappa shape index (κ3) is 23.4. The SMILES string of the molecule is CCCCCCCCCC(=O)NC(CSCC(COC(=O)CCCCCCCCC)OC(=O)CCCCCCCCC)C(=O)Nc1cn(C2OC(CO)C(O)C(O)C2O)nn1. The van der Waals surface area contributed by atoms with Crippen molar-refractivity contribution in [2.24, 2.45) is 0 Å². The van der Waals surface area contributed by atoms with Gasteiger partial charge in [0.2, 0.25) is 11.8 Å². The summed E-state index contributed by atoms with van der Waals surface area (Å²) in [5, 5.41) is 53.8. The summed E-state index contributed by atoms with van der Waals surface area (Å²) in [5.41, 5.74) is 0. The van der Waals surface area contributed by atoms with E-state index < -0.39 is 55.3 Å². The molecule has 1 aromatic rings. The first-order valence-electron chi connectivity index (χ1n) is 23.3. The number of thioether (sulfide) groups is 1. The molecule has 0 aromatic carbocycles. The maximum Gasteiger partial charge on any atom is 0.306 e. The third-order valence-electron chi connectivity index (χ3n) is 10.8. The molecule has 17 heteroatoms. The average Bonchev–Trinajstić information content (AvgIpc) is 3.71. The van der Waals surface area contributed by atoms with Crippen LogP contribution in [0.15, 0.2) is 6.20 Å². The van der Waals surface area contributed by atoms with Gasteiger partial charge in [0.1, 0.15) is 43.2 Å². The monoisotopic (exact) mass is 886 g/mol. The first-order chi connectivity index (χ1) is 29.5. The molecule has 7 atom stereocenters. The van der Waals surface area contributed by atoms with Crippen molar-refractivity contribution in [3.63, 3.8) is 0 Å². The van der Waals surface area contributed by atoms with Crippen molar-refractivity contribution in [3.05, 3.63) is 6.20 Å². The molecule has 1 aliphatic heterocycles. The van der Waals surface area contributed by atoms with Crippen LogP contribution in [0, 0.1) is 0 Å². The minimum atomic E-state index is -1.64. The highest BCUT2D eigenvalue weighted by Gasteiger charge is 2.44. The van der Waals surface area contributed by atoms with Crippen LogP contribution in [0.3, 0.4) is 0 Å². The molecule has 2 amide bonds. The van der Waals surface area contributed by atoms with Crippen LogP contribution in [0.1, 0.15) is 181 Å². The summed E-state index contributed by atoms with van der Waals surface area (Å²) >= 11 is 1.27. The van der Waals surface area contributed by atoms with Crippen LogP contribution in [0.2, 0.25) is 0 Å². The normalized spacial score (nSPS) is 19.9. The fraction of sp³-hybridized carbons (Fsp3) is 0.864. The van der Waals surface area contributed by atoms with Gasteiger partial charge in [-0.3, -0.25) is 19.2 Å². The second-order valence-electron chi connectivity index (χ2n) is 16.4. The van der Waals surface area contributed by atoms with Crippen LogP contribution in [0.4, 0.5) is 5.82 Å². The number of nitrogens with zero attached hydrogens (tertiary/aromatic N) is 3. The van der Waals surface area contributed by atoms with Gasteiger partial charge in [0.15, 0.2) is 12.0 Å². The van der Waals surface area contributed by atoms with Crippen molar-refractivity contribution in [2.45, 2.75) is 218 Å². The molecule has 352 valence electrons. The van der Waals surface area contributed by atoms with Crippen molar-refractivity contribution in [2.75, 3.05) is 30.0 Å². The number of aliphatic hydroxyl groups is 4. The molecule has 61 heavy (non-hydrogen) atoms. The number of amides is 2. The first kappa shape index (κ1) is 54.3. The van der Waals surface area contributed by atoms with Crippen molar-refractivity contribution >= 4 is 41.3 Å². The van der Waals surface area contributed by atoms with Gasteiger partial charge in [-0.15, -0.1) is 5.10 Å². The predicted octanol–water partition coefficient (Wildman–Crippen LogP) is 6.28. The van der Waals surface area contributed by atoms with Gasteiger partial charge < -0.3 is 45.3 Å². The molecule has 1 aromatic heterocycles. The van der Waals surface area contributed by atoms with E-state index in [0.29, 0.717) is 12.8 Å². The lowest BCUT2D eigenvalue weighted by Gasteiger charge is -2.39. The van der Waals surface area contributed by atoms with Gasteiger partial charge in [0.05, 0.1) is 12.8 Å². The van der Waals surface area contributed by atoms with E-state index in [4.69, 9.17) is 14.2 Å². The minimum absolute atomic E-state index is 0.0386. The number of esters is 2. The number of aliphatic hydroxyl groups excluding tert-OH is 4. The fourth-order valence-electron chi connectivity index (χ4n) is 7.05. The minimum Gasteiger partial charge on any atom is -0.462 e. The van der Waals surface area contributed by atoms with Gasteiger partial charge in [-0.1, -0.05) is 142 Å². The molecule has 2 heterocycles. The third-order valence-corrected chi connectivity index (χ3v) is 12.0. The molecule has 0 aliphatic carbocycles. The Kier molecular flexibility index (Phi) is 30.0. The molecule has 7 unspecified atom stereocenters. The van der Waals surface area contributed by atoms with Crippen LogP contribution >= 0.6 is 11.8 Å². The number of rotatable bonds is 36. The first-order valence-corrected chi connectivity index (χ1v) is 24.4. The van der Waals surface area contributed by atoms with Gasteiger partial charge >= 0.3 is 11.9 Å². The smallest absolute Gasteiger partial charge is 0.306 e. The molecular formula is C44H79N5O11S. The van der Waals surface area contributed by atoms with Crippen molar-refractivity contribution in [1.29, 1.82) is 0 Å². The summed E-state index contributed by atoms with van der Waals surface area (Å²) in [4.78, 5) is 52.5. The fourth-order valence-corrected chi connectivity index (χ4v) is 8.09. The highest BCUT2D eigenvalue weighted by Crippen LogP contribution is 2.28. The lowest BCUT2D eigenvalue weighted by Crippen LogP contribution is -2.56. The van der Waals surface area contributed by atoms with Crippen molar-refractivity contribution < 1.29 is 53.8 Å². The second-order valence-corrected chi connectivity index (χ2v) is 17.4. The Bertz CT molecular complexity index is 1340. The highest BCUT2D eigenvalue weighted by atomic mass is 32.2. The molecule has 0 spiro atoms. The van der Waals surface area contributed by atoms with E-state index in [1.807, 2.05) is 0 Å². The van der Waals surface area contributed by atoms with Crippen molar-refractivity contribution in [3.8, 4) is 0 Å². The molecule has 0 radical (unpaired) electrons. The Morgan fingerprint density at radius 1 is 0.721 bits per heavy atom. The summed E-state index contributed by atoms with van der Waals surface area (Å²) in [5.74, 6) is -1.36. The molecule has 0 bridgehead atoms. The number of aromatic nitrogens is 3. The highest BCUT2D eigenvalue weighted by molar-refractivity contribution is 7.99. The van der Waals surface area contributed by atoms with Gasteiger partial charge in [0, 0.05) is 30.8 Å². The van der Waals surface area contributed by atoms with Crippen LogP contribution in [0.5, 0.6) is 0 Å². The van der Waals surface area contributed by atoms with Gasteiger partial charge in [-0.2, -0.15) is 11.8 Å². The Balaban J connectivity index is 2.08. The zero-order valence-electron chi connectivity index (χ0n) is 37.3. The summed E-state index contributed by atoms with van der Waals surface area (Å²) in [7, 11) is 0. The Labute approximate surface area is 368 Å². The Morgan fingerprint density at radius 3 is 1.80 bits per heavy atom.